The maximum atomic E-state index is 13.0. The largest absolute Gasteiger partial charge is 0.486 e. The van der Waals surface area contributed by atoms with Crippen LogP contribution in [0.2, 0.25) is 0 Å². The minimum absolute atomic E-state index is 0.154. The third-order valence-electron chi connectivity index (χ3n) is 6.95. The van der Waals surface area contributed by atoms with E-state index < -0.39 is 11.8 Å². The lowest BCUT2D eigenvalue weighted by atomic mass is 9.72. The number of hydrogen-bond acceptors (Lipinski definition) is 5. The van der Waals surface area contributed by atoms with Gasteiger partial charge in [0, 0.05) is 4.88 Å². The van der Waals surface area contributed by atoms with Gasteiger partial charge in [0.2, 0.25) is 0 Å². The van der Waals surface area contributed by atoms with Crippen molar-refractivity contribution in [3.63, 3.8) is 0 Å². The average molecular weight is 503 g/mol. The summed E-state index contributed by atoms with van der Waals surface area (Å²) in [6, 6.07) is 17.3. The predicted molar refractivity (Wildman–Crippen MR) is 143 cm³/mol. The topological polar surface area (TPSA) is 94.6 Å². The van der Waals surface area contributed by atoms with E-state index in [0.29, 0.717) is 22.2 Å². The van der Waals surface area contributed by atoms with Gasteiger partial charge in [0.25, 0.3) is 11.8 Å². The van der Waals surface area contributed by atoms with Crippen molar-refractivity contribution in [1.82, 2.24) is 0 Å². The molecular formula is C29H30N2O4S. The molecule has 2 heterocycles. The highest BCUT2D eigenvalue weighted by Gasteiger charge is 2.33. The van der Waals surface area contributed by atoms with Crippen LogP contribution in [0.3, 0.4) is 0 Å². The number of thiophene rings is 1. The van der Waals surface area contributed by atoms with Gasteiger partial charge < -0.3 is 20.2 Å². The Bertz CT molecular complexity index is 1440. The molecule has 0 spiro atoms. The minimum atomic E-state index is -0.513. The Morgan fingerprint density at radius 3 is 2.64 bits per heavy atom. The number of carbonyl (C=O) groups is 2. The van der Waals surface area contributed by atoms with Crippen LogP contribution in [0.5, 0.6) is 5.75 Å². The Hall–Kier alpha value is -3.58. The molecule has 0 saturated carbocycles. The number of fused-ring (bicyclic) bond motifs is 2. The molecule has 2 amide bonds. The molecule has 1 aliphatic rings. The van der Waals surface area contributed by atoms with E-state index in [-0.39, 0.29) is 17.8 Å². The summed E-state index contributed by atoms with van der Waals surface area (Å²) < 4.78 is 11.6. The molecule has 5 rings (SSSR count). The molecule has 0 fully saturated rings. The van der Waals surface area contributed by atoms with Crippen LogP contribution in [0.1, 0.15) is 64.3 Å². The zero-order chi connectivity index (χ0) is 25.4. The third kappa shape index (κ3) is 4.88. The van der Waals surface area contributed by atoms with Crippen LogP contribution in [0.15, 0.2) is 59.0 Å². The summed E-state index contributed by atoms with van der Waals surface area (Å²) in [7, 11) is 0. The van der Waals surface area contributed by atoms with E-state index in [2.05, 4.69) is 26.1 Å². The van der Waals surface area contributed by atoms with Crippen LogP contribution < -0.4 is 15.8 Å². The quantitative estimate of drug-likeness (QED) is 0.311. The fraction of sp³-hybridized carbons (Fsp3) is 0.310. The molecule has 7 heteroatoms. The first kappa shape index (κ1) is 24.1. The van der Waals surface area contributed by atoms with Gasteiger partial charge >= 0.3 is 0 Å². The summed E-state index contributed by atoms with van der Waals surface area (Å²) in [6.07, 6.45) is 2.68. The highest BCUT2D eigenvalue weighted by Crippen LogP contribution is 2.44. The fourth-order valence-electron chi connectivity index (χ4n) is 4.83. The van der Waals surface area contributed by atoms with Gasteiger partial charge in [-0.3, -0.25) is 9.59 Å². The molecule has 2 aromatic heterocycles. The highest BCUT2D eigenvalue weighted by molar-refractivity contribution is 7.17. The molecule has 0 bridgehead atoms. The molecule has 6 nitrogen and oxygen atoms in total. The van der Waals surface area contributed by atoms with Crippen LogP contribution in [0.4, 0.5) is 5.00 Å². The summed E-state index contributed by atoms with van der Waals surface area (Å²) in [4.78, 5) is 26.4. The maximum Gasteiger partial charge on any atom is 0.291 e. The number of furan rings is 1. The zero-order valence-electron chi connectivity index (χ0n) is 20.7. The van der Waals surface area contributed by atoms with Gasteiger partial charge in [0.1, 0.15) is 23.1 Å². The Labute approximate surface area is 214 Å². The number of amides is 2. The molecule has 186 valence electrons. The van der Waals surface area contributed by atoms with Gasteiger partial charge in [-0.05, 0) is 71.2 Å². The molecule has 1 atom stereocenters. The van der Waals surface area contributed by atoms with E-state index in [9.17, 15) is 9.59 Å². The van der Waals surface area contributed by atoms with Gasteiger partial charge in [-0.15, -0.1) is 11.3 Å². The molecule has 2 aromatic carbocycles. The standard InChI is InChI=1S/C29H30N2O4S/c1-29(2,3)19-9-12-22-24(15-19)36-28(25(22)26(30)32)31-27(33)23-13-11-21(35-23)16-34-20-10-8-17-6-4-5-7-18(17)14-20/h4-8,10-11,13-14,19H,9,12,15-16H2,1-3H3,(H2,30,32)(H,31,33)/t19-/m0/s1. The van der Waals surface area contributed by atoms with Crippen molar-refractivity contribution in [1.29, 1.82) is 0 Å². The second kappa shape index (κ2) is 9.47. The van der Waals surface area contributed by atoms with Crippen molar-refractivity contribution in [3.05, 3.63) is 82.1 Å². The molecule has 0 aliphatic heterocycles. The van der Waals surface area contributed by atoms with Crippen LogP contribution in [0, 0.1) is 11.3 Å². The Kier molecular flexibility index (Phi) is 6.35. The molecule has 0 radical (unpaired) electrons. The van der Waals surface area contributed by atoms with Gasteiger partial charge in [-0.1, -0.05) is 51.1 Å². The van der Waals surface area contributed by atoms with Gasteiger partial charge in [0.05, 0.1) is 5.56 Å². The van der Waals surface area contributed by atoms with Crippen molar-refractivity contribution in [2.45, 2.75) is 46.6 Å². The summed E-state index contributed by atoms with van der Waals surface area (Å²) in [5.41, 5.74) is 7.32. The van der Waals surface area contributed by atoms with Crippen molar-refractivity contribution in [2.24, 2.45) is 17.1 Å². The first-order valence-electron chi connectivity index (χ1n) is 12.1. The van der Waals surface area contributed by atoms with E-state index in [1.54, 1.807) is 12.1 Å². The zero-order valence-corrected chi connectivity index (χ0v) is 21.5. The number of carbonyl (C=O) groups excluding carboxylic acids is 2. The van der Waals surface area contributed by atoms with E-state index in [0.717, 1.165) is 46.2 Å². The number of ether oxygens (including phenoxy) is 1. The first-order valence-corrected chi connectivity index (χ1v) is 13.0. The number of hydrogen-bond donors (Lipinski definition) is 2. The SMILES string of the molecule is CC(C)(C)[C@H]1CCc2c(sc(NC(=O)c3ccc(COc4ccc5ccccc5c4)o3)c2C(N)=O)C1. The van der Waals surface area contributed by atoms with Crippen molar-refractivity contribution >= 4 is 38.9 Å². The van der Waals surface area contributed by atoms with E-state index >= 15 is 0 Å². The maximum absolute atomic E-state index is 13.0. The van der Waals surface area contributed by atoms with E-state index in [1.807, 2.05) is 42.5 Å². The minimum Gasteiger partial charge on any atom is -0.486 e. The number of primary amides is 1. The van der Waals surface area contributed by atoms with Crippen molar-refractivity contribution in [2.75, 3.05) is 5.32 Å². The molecule has 1 aliphatic carbocycles. The number of anilines is 1. The Morgan fingerprint density at radius 2 is 1.89 bits per heavy atom. The second-order valence-corrected chi connectivity index (χ2v) is 11.5. The predicted octanol–water partition coefficient (Wildman–Crippen LogP) is 6.58. The van der Waals surface area contributed by atoms with Crippen LogP contribution in [-0.2, 0) is 19.4 Å². The summed E-state index contributed by atoms with van der Waals surface area (Å²) in [5, 5.41) is 5.60. The second-order valence-electron chi connectivity index (χ2n) is 10.4. The van der Waals surface area contributed by atoms with Crippen LogP contribution in [0.25, 0.3) is 10.8 Å². The van der Waals surface area contributed by atoms with Crippen molar-refractivity contribution < 1.29 is 18.7 Å². The molecule has 3 N–H and O–H groups in total. The lowest BCUT2D eigenvalue weighted by Crippen LogP contribution is -2.27. The van der Waals surface area contributed by atoms with E-state index in [1.165, 1.54) is 11.3 Å². The normalized spacial score (nSPS) is 15.5. The summed E-state index contributed by atoms with van der Waals surface area (Å²) in [6.45, 7) is 6.92. The lowest BCUT2D eigenvalue weighted by molar-refractivity contribution is 0.0993. The number of rotatable bonds is 6. The summed E-state index contributed by atoms with van der Waals surface area (Å²) >= 11 is 1.45. The molecule has 36 heavy (non-hydrogen) atoms. The van der Waals surface area contributed by atoms with E-state index in [4.69, 9.17) is 14.9 Å². The lowest BCUT2D eigenvalue weighted by Gasteiger charge is -2.33. The monoisotopic (exact) mass is 502 g/mol. The molecule has 0 unspecified atom stereocenters. The Balaban J connectivity index is 1.28. The molecule has 4 aromatic rings. The smallest absolute Gasteiger partial charge is 0.291 e. The highest BCUT2D eigenvalue weighted by atomic mass is 32.1. The average Bonchev–Trinajstić information content (AvgIpc) is 3.46. The van der Waals surface area contributed by atoms with Gasteiger partial charge in [0.15, 0.2) is 5.76 Å². The molecular weight excluding hydrogens is 472 g/mol. The fourth-order valence-corrected chi connectivity index (χ4v) is 6.16. The van der Waals surface area contributed by atoms with Gasteiger partial charge in [-0.2, -0.15) is 0 Å². The summed E-state index contributed by atoms with van der Waals surface area (Å²) in [5.74, 6) is 0.993. The van der Waals surface area contributed by atoms with Crippen LogP contribution in [-0.4, -0.2) is 11.8 Å². The first-order chi connectivity index (χ1) is 17.2. The Morgan fingerprint density at radius 1 is 1.11 bits per heavy atom. The third-order valence-corrected chi connectivity index (χ3v) is 8.12. The molecule has 0 saturated heterocycles. The number of nitrogens with one attached hydrogen (secondary N) is 1. The van der Waals surface area contributed by atoms with Gasteiger partial charge in [-0.25, -0.2) is 0 Å². The number of benzene rings is 2. The number of nitrogens with two attached hydrogens (primary N) is 1. The van der Waals surface area contributed by atoms with Crippen molar-refractivity contribution in [3.8, 4) is 5.75 Å². The van der Waals surface area contributed by atoms with Crippen LogP contribution >= 0.6 is 11.3 Å².